The molecule has 0 fully saturated rings. The number of aromatic amines is 1. The number of rotatable bonds is 1. The summed E-state index contributed by atoms with van der Waals surface area (Å²) in [6.45, 7) is -0.271. The molecule has 2 rings (SSSR count). The van der Waals surface area contributed by atoms with Gasteiger partial charge < -0.3 is 10.1 Å². The molecule has 1 heterocycles. The summed E-state index contributed by atoms with van der Waals surface area (Å²) in [5.41, 5.74) is 0.0755. The average Bonchev–Trinajstić information content (AvgIpc) is 2.59. The summed E-state index contributed by atoms with van der Waals surface area (Å²) in [7, 11) is 0. The van der Waals surface area contributed by atoms with Crippen LogP contribution in [0.3, 0.4) is 0 Å². The number of nitrogens with one attached hydrogen (secondary N) is 1. The van der Waals surface area contributed by atoms with Gasteiger partial charge in [0.15, 0.2) is 0 Å². The summed E-state index contributed by atoms with van der Waals surface area (Å²) in [4.78, 5) is 2.27. The Labute approximate surface area is 83.3 Å². The van der Waals surface area contributed by atoms with Crippen LogP contribution in [0, 0.1) is 0 Å². The number of aliphatic hydroxyl groups is 1. The van der Waals surface area contributed by atoms with Crippen LogP contribution in [0.25, 0.3) is 10.9 Å². The fourth-order valence-electron chi connectivity index (χ4n) is 1.51. The van der Waals surface area contributed by atoms with E-state index in [1.165, 1.54) is 0 Å². The van der Waals surface area contributed by atoms with Crippen molar-refractivity contribution in [3.05, 3.63) is 35.5 Å². The van der Waals surface area contributed by atoms with Gasteiger partial charge in [0.25, 0.3) is 0 Å². The van der Waals surface area contributed by atoms with Crippen molar-refractivity contribution < 1.29 is 18.3 Å². The molecule has 0 bridgehead atoms. The first-order valence-corrected chi connectivity index (χ1v) is 4.31. The highest BCUT2D eigenvalue weighted by Crippen LogP contribution is 2.32. The van der Waals surface area contributed by atoms with E-state index in [9.17, 15) is 13.2 Å². The SMILES string of the molecule is OCc1cccc2[nH]c(C(F)(F)F)cc12. The van der Waals surface area contributed by atoms with Crippen LogP contribution in [0.15, 0.2) is 24.3 Å². The highest BCUT2D eigenvalue weighted by molar-refractivity contribution is 5.84. The molecular weight excluding hydrogens is 207 g/mol. The molecule has 0 saturated carbocycles. The molecular formula is C10H8F3NO. The minimum Gasteiger partial charge on any atom is -0.392 e. The van der Waals surface area contributed by atoms with Crippen LogP contribution in [0.5, 0.6) is 0 Å². The smallest absolute Gasteiger partial charge is 0.392 e. The lowest BCUT2D eigenvalue weighted by atomic mass is 10.1. The minimum atomic E-state index is -4.38. The predicted molar refractivity (Wildman–Crippen MR) is 49.2 cm³/mol. The fourth-order valence-corrected chi connectivity index (χ4v) is 1.51. The van der Waals surface area contributed by atoms with Gasteiger partial charge in [0.1, 0.15) is 5.69 Å². The van der Waals surface area contributed by atoms with Crippen LogP contribution in [-0.2, 0) is 12.8 Å². The first-order chi connectivity index (χ1) is 7.02. The van der Waals surface area contributed by atoms with Crippen molar-refractivity contribution >= 4 is 10.9 Å². The number of H-pyrrole nitrogens is 1. The van der Waals surface area contributed by atoms with Gasteiger partial charge in [0, 0.05) is 10.9 Å². The van der Waals surface area contributed by atoms with Gasteiger partial charge in [-0.05, 0) is 17.7 Å². The molecule has 5 heteroatoms. The normalized spacial score (nSPS) is 12.3. The number of aromatic nitrogens is 1. The van der Waals surface area contributed by atoms with Gasteiger partial charge in [-0.25, -0.2) is 0 Å². The summed E-state index contributed by atoms with van der Waals surface area (Å²) in [5, 5.41) is 9.36. The number of benzene rings is 1. The second-order valence-electron chi connectivity index (χ2n) is 3.22. The molecule has 0 radical (unpaired) electrons. The third-order valence-electron chi connectivity index (χ3n) is 2.23. The van der Waals surface area contributed by atoms with Gasteiger partial charge in [-0.2, -0.15) is 13.2 Å². The molecule has 80 valence electrons. The third kappa shape index (κ3) is 1.70. The van der Waals surface area contributed by atoms with E-state index in [4.69, 9.17) is 5.11 Å². The Morgan fingerprint density at radius 3 is 2.60 bits per heavy atom. The Kier molecular flexibility index (Phi) is 2.19. The summed E-state index contributed by atoms with van der Waals surface area (Å²) in [6.07, 6.45) is -4.38. The number of fused-ring (bicyclic) bond motifs is 1. The van der Waals surface area contributed by atoms with Crippen LogP contribution in [0.1, 0.15) is 11.3 Å². The summed E-state index contributed by atoms with van der Waals surface area (Å²) in [5.74, 6) is 0. The van der Waals surface area contributed by atoms with Gasteiger partial charge >= 0.3 is 6.18 Å². The van der Waals surface area contributed by atoms with Crippen molar-refractivity contribution in [3.8, 4) is 0 Å². The highest BCUT2D eigenvalue weighted by Gasteiger charge is 2.32. The molecule has 15 heavy (non-hydrogen) atoms. The van der Waals surface area contributed by atoms with Crippen LogP contribution >= 0.6 is 0 Å². The van der Waals surface area contributed by atoms with E-state index < -0.39 is 11.9 Å². The predicted octanol–water partition coefficient (Wildman–Crippen LogP) is 2.68. The van der Waals surface area contributed by atoms with Crippen LogP contribution < -0.4 is 0 Å². The lowest BCUT2D eigenvalue weighted by Crippen LogP contribution is -2.04. The molecule has 0 aliphatic rings. The topological polar surface area (TPSA) is 36.0 Å². The number of halogens is 3. The molecule has 2 nitrogen and oxygen atoms in total. The van der Waals surface area contributed by atoms with Gasteiger partial charge in [-0.15, -0.1) is 0 Å². The van der Waals surface area contributed by atoms with Crippen LogP contribution in [0.4, 0.5) is 13.2 Å². The largest absolute Gasteiger partial charge is 0.431 e. The minimum absolute atomic E-state index is 0.271. The number of hydrogen-bond donors (Lipinski definition) is 2. The highest BCUT2D eigenvalue weighted by atomic mass is 19.4. The number of aliphatic hydroxyl groups excluding tert-OH is 1. The molecule has 1 aromatic carbocycles. The maximum Gasteiger partial charge on any atom is 0.431 e. The Hall–Kier alpha value is -1.49. The Bertz CT molecular complexity index is 487. The van der Waals surface area contributed by atoms with Gasteiger partial charge in [-0.1, -0.05) is 12.1 Å². The van der Waals surface area contributed by atoms with E-state index in [-0.39, 0.29) is 6.61 Å². The molecule has 0 amide bonds. The number of hydrogen-bond acceptors (Lipinski definition) is 1. The molecule has 0 aliphatic carbocycles. The van der Waals surface area contributed by atoms with Crippen molar-refractivity contribution in [2.45, 2.75) is 12.8 Å². The average molecular weight is 215 g/mol. The lowest BCUT2D eigenvalue weighted by Gasteiger charge is -2.00. The van der Waals surface area contributed by atoms with Crippen molar-refractivity contribution in [1.29, 1.82) is 0 Å². The van der Waals surface area contributed by atoms with E-state index in [0.717, 1.165) is 6.07 Å². The van der Waals surface area contributed by atoms with E-state index in [2.05, 4.69) is 4.98 Å². The summed E-state index contributed by atoms with van der Waals surface area (Å²) < 4.78 is 37.1. The first kappa shape index (κ1) is 10.0. The fraction of sp³-hybridized carbons (Fsp3) is 0.200. The summed E-state index contributed by atoms with van der Waals surface area (Å²) >= 11 is 0. The molecule has 0 saturated heterocycles. The zero-order valence-corrected chi connectivity index (χ0v) is 7.60. The van der Waals surface area contributed by atoms with Crippen molar-refractivity contribution in [1.82, 2.24) is 4.98 Å². The molecule has 2 aromatic rings. The van der Waals surface area contributed by atoms with Gasteiger partial charge in [0.2, 0.25) is 0 Å². The molecule has 1 aromatic heterocycles. The van der Waals surface area contributed by atoms with Crippen LogP contribution in [-0.4, -0.2) is 10.1 Å². The second-order valence-corrected chi connectivity index (χ2v) is 3.22. The van der Waals surface area contributed by atoms with E-state index >= 15 is 0 Å². The standard InChI is InChI=1S/C10H8F3NO/c11-10(12,13)9-4-7-6(5-15)2-1-3-8(7)14-9/h1-4,14-15H,5H2. The first-order valence-electron chi connectivity index (χ1n) is 4.31. The zero-order valence-electron chi connectivity index (χ0n) is 7.60. The maximum atomic E-state index is 12.4. The van der Waals surface area contributed by atoms with Gasteiger partial charge in [0.05, 0.1) is 6.61 Å². The lowest BCUT2D eigenvalue weighted by molar-refractivity contribution is -0.140. The van der Waals surface area contributed by atoms with Crippen LogP contribution in [0.2, 0.25) is 0 Å². The van der Waals surface area contributed by atoms with E-state index in [0.29, 0.717) is 16.5 Å². The molecule has 0 spiro atoms. The molecule has 0 aliphatic heterocycles. The quantitative estimate of drug-likeness (QED) is 0.753. The monoisotopic (exact) mass is 215 g/mol. The maximum absolute atomic E-state index is 12.4. The van der Waals surface area contributed by atoms with E-state index in [1.54, 1.807) is 18.2 Å². The zero-order chi connectivity index (χ0) is 11.1. The Balaban J connectivity index is 2.65. The second kappa shape index (κ2) is 3.27. The Morgan fingerprint density at radius 2 is 2.00 bits per heavy atom. The van der Waals surface area contributed by atoms with Crippen molar-refractivity contribution in [3.63, 3.8) is 0 Å². The third-order valence-corrected chi connectivity index (χ3v) is 2.23. The molecule has 0 unspecified atom stereocenters. The summed E-state index contributed by atoms with van der Waals surface area (Å²) in [6, 6.07) is 5.76. The molecule has 2 N–H and O–H groups in total. The molecule has 0 atom stereocenters. The van der Waals surface area contributed by atoms with Crippen molar-refractivity contribution in [2.75, 3.05) is 0 Å². The number of alkyl halides is 3. The Morgan fingerprint density at radius 1 is 1.27 bits per heavy atom. The van der Waals surface area contributed by atoms with Gasteiger partial charge in [-0.3, -0.25) is 0 Å². The van der Waals surface area contributed by atoms with Crippen molar-refractivity contribution in [2.24, 2.45) is 0 Å². The van der Waals surface area contributed by atoms with E-state index in [1.807, 2.05) is 0 Å².